The molecule has 156 valence electrons. The summed E-state index contributed by atoms with van der Waals surface area (Å²) in [6.07, 6.45) is -2.42. The van der Waals surface area contributed by atoms with E-state index in [9.17, 15) is 23.1 Å². The zero-order valence-electron chi connectivity index (χ0n) is 15.5. The largest absolute Gasteiger partial charge is 0.468 e. The van der Waals surface area contributed by atoms with Crippen molar-refractivity contribution in [2.75, 3.05) is 26.2 Å². The van der Waals surface area contributed by atoms with Gasteiger partial charge in [0, 0.05) is 35.4 Å². The third-order valence-corrected chi connectivity index (χ3v) is 4.88. The molecule has 9 heteroatoms. The molecule has 3 rings (SSSR count). The zero-order valence-corrected chi connectivity index (χ0v) is 16.2. The number of rotatable bonds is 6. The van der Waals surface area contributed by atoms with E-state index in [0.717, 1.165) is 0 Å². The lowest BCUT2D eigenvalue weighted by Crippen LogP contribution is -2.39. The van der Waals surface area contributed by atoms with Gasteiger partial charge in [-0.05, 0) is 36.6 Å². The Bertz CT molecular complexity index is 851. The molecule has 2 heterocycles. The predicted molar refractivity (Wildman–Crippen MR) is 102 cm³/mol. The van der Waals surface area contributed by atoms with E-state index < -0.39 is 12.8 Å². The van der Waals surface area contributed by atoms with Gasteiger partial charge in [-0.2, -0.15) is 13.2 Å². The molecule has 1 aromatic carbocycles. The lowest BCUT2D eigenvalue weighted by Gasteiger charge is -2.28. The van der Waals surface area contributed by atoms with E-state index in [0.29, 0.717) is 36.5 Å². The van der Waals surface area contributed by atoms with Crippen LogP contribution in [-0.2, 0) is 0 Å². The minimum Gasteiger partial charge on any atom is -0.468 e. The smallest absolute Gasteiger partial charge is 0.422 e. The number of nitrogens with zero attached hydrogens (tertiary/aromatic N) is 2. The maximum atomic E-state index is 12.7. The third-order valence-electron chi connectivity index (χ3n) is 4.63. The lowest BCUT2D eigenvalue weighted by molar-refractivity contribution is -0.154. The van der Waals surface area contributed by atoms with Crippen molar-refractivity contribution in [1.29, 1.82) is 0 Å². The number of hydrogen-bond acceptors (Lipinski definition) is 5. The molecule has 0 aliphatic carbocycles. The quantitative estimate of drug-likeness (QED) is 0.705. The first-order chi connectivity index (χ1) is 13.7. The number of Topliss-reactive ketones (excluding diaryl/α,β-unsaturated/α-hetero) is 1. The van der Waals surface area contributed by atoms with Crippen molar-refractivity contribution >= 4 is 17.4 Å². The van der Waals surface area contributed by atoms with Crippen LogP contribution in [0.15, 0.2) is 36.5 Å². The molecule has 0 unspecified atom stereocenters. The number of halogens is 4. The highest BCUT2D eigenvalue weighted by Crippen LogP contribution is 2.31. The van der Waals surface area contributed by atoms with E-state index in [1.807, 2.05) is 4.90 Å². The number of hydrogen-bond donors (Lipinski definition) is 1. The summed E-state index contributed by atoms with van der Waals surface area (Å²) in [6, 6.07) is 7.93. The molecule has 1 fully saturated rings. The second-order valence-corrected chi connectivity index (χ2v) is 7.35. The number of ether oxygens (including phenoxy) is 1. The van der Waals surface area contributed by atoms with Crippen LogP contribution in [0.5, 0.6) is 5.88 Å². The molecule has 0 spiro atoms. The van der Waals surface area contributed by atoms with Gasteiger partial charge in [0.05, 0.1) is 12.6 Å². The first-order valence-electron chi connectivity index (χ1n) is 9.10. The molecule has 1 aromatic heterocycles. The molecule has 0 atom stereocenters. The first-order valence-corrected chi connectivity index (χ1v) is 9.48. The van der Waals surface area contributed by atoms with Crippen molar-refractivity contribution in [3.63, 3.8) is 0 Å². The number of carbonyl (C=O) groups is 1. The third kappa shape index (κ3) is 6.16. The number of aliphatic hydroxyl groups excluding tert-OH is 1. The zero-order chi connectivity index (χ0) is 21.0. The Hall–Kier alpha value is -2.16. The number of benzene rings is 1. The van der Waals surface area contributed by atoms with Crippen LogP contribution >= 0.6 is 11.6 Å². The minimum absolute atomic E-state index is 0.150. The second kappa shape index (κ2) is 9.11. The van der Waals surface area contributed by atoms with E-state index >= 15 is 0 Å². The van der Waals surface area contributed by atoms with Crippen molar-refractivity contribution < 1.29 is 27.8 Å². The molecule has 0 amide bonds. The van der Waals surface area contributed by atoms with Gasteiger partial charge >= 0.3 is 6.18 Å². The summed E-state index contributed by atoms with van der Waals surface area (Å²) in [5.74, 6) is -0.409. The van der Waals surface area contributed by atoms with Crippen LogP contribution < -0.4 is 4.74 Å². The molecule has 1 N–H and O–H groups in total. The molecule has 0 radical (unpaired) electrons. The molecule has 29 heavy (non-hydrogen) atoms. The van der Waals surface area contributed by atoms with Crippen LogP contribution in [0.2, 0.25) is 5.02 Å². The molecule has 0 bridgehead atoms. The number of piperidine rings is 1. The topological polar surface area (TPSA) is 62.7 Å². The predicted octanol–water partition coefficient (Wildman–Crippen LogP) is 3.98. The van der Waals surface area contributed by atoms with Crippen LogP contribution in [0.3, 0.4) is 0 Å². The van der Waals surface area contributed by atoms with Crippen LogP contribution in [0, 0.1) is 0 Å². The average molecular weight is 429 g/mol. The maximum Gasteiger partial charge on any atom is 0.422 e. The van der Waals surface area contributed by atoms with Crippen LogP contribution in [0.25, 0.3) is 11.1 Å². The summed E-state index contributed by atoms with van der Waals surface area (Å²) in [6.45, 7) is -0.116. The minimum atomic E-state index is -4.51. The lowest BCUT2D eigenvalue weighted by atomic mass is 10.0. The summed E-state index contributed by atoms with van der Waals surface area (Å²) in [5.41, 5.74) is 1.10. The maximum absolute atomic E-state index is 12.7. The van der Waals surface area contributed by atoms with Gasteiger partial charge in [0.25, 0.3) is 0 Å². The Morgan fingerprint density at radius 3 is 2.52 bits per heavy atom. The van der Waals surface area contributed by atoms with Gasteiger partial charge in [-0.3, -0.25) is 9.69 Å². The van der Waals surface area contributed by atoms with Gasteiger partial charge in [0.1, 0.15) is 0 Å². The highest BCUT2D eigenvalue weighted by atomic mass is 35.5. The fourth-order valence-corrected chi connectivity index (χ4v) is 3.20. The van der Waals surface area contributed by atoms with Crippen LogP contribution in [0.4, 0.5) is 13.2 Å². The Balaban J connectivity index is 1.84. The highest BCUT2D eigenvalue weighted by molar-refractivity contribution is 6.30. The van der Waals surface area contributed by atoms with Crippen molar-refractivity contribution in [2.45, 2.75) is 25.1 Å². The Kier molecular flexibility index (Phi) is 6.77. The summed E-state index contributed by atoms with van der Waals surface area (Å²) in [5, 5.41) is 10.0. The van der Waals surface area contributed by atoms with Gasteiger partial charge in [0.2, 0.25) is 5.88 Å². The Labute approximate surface area is 171 Å². The van der Waals surface area contributed by atoms with Crippen molar-refractivity contribution in [3.8, 4) is 17.0 Å². The molecular formula is C20H20ClF3N2O3. The van der Waals surface area contributed by atoms with Crippen LogP contribution in [0.1, 0.15) is 23.2 Å². The monoisotopic (exact) mass is 428 g/mol. The molecule has 2 aromatic rings. The Morgan fingerprint density at radius 2 is 1.90 bits per heavy atom. The molecule has 5 nitrogen and oxygen atoms in total. The van der Waals surface area contributed by atoms with Gasteiger partial charge in [-0.15, -0.1) is 0 Å². The van der Waals surface area contributed by atoms with Gasteiger partial charge in [-0.1, -0.05) is 23.7 Å². The standard InChI is InChI=1S/C20H20ClF3N2O3/c21-15-3-1-13(2-4-15)17-9-14(10-25-19(17)29-12-20(22,23)24)18(28)11-26-7-5-16(27)6-8-26/h1-4,9-10,16,27H,5-8,11-12H2. The summed E-state index contributed by atoms with van der Waals surface area (Å²) in [4.78, 5) is 18.6. The van der Waals surface area contributed by atoms with E-state index in [4.69, 9.17) is 16.3 Å². The van der Waals surface area contributed by atoms with Gasteiger partial charge in [-0.25, -0.2) is 4.98 Å². The van der Waals surface area contributed by atoms with Crippen molar-refractivity contribution in [3.05, 3.63) is 47.1 Å². The number of alkyl halides is 3. The number of aliphatic hydroxyl groups is 1. The number of carbonyl (C=O) groups excluding carboxylic acids is 1. The molecule has 0 saturated carbocycles. The average Bonchev–Trinajstić information content (AvgIpc) is 2.68. The summed E-state index contributed by atoms with van der Waals surface area (Å²) in [7, 11) is 0. The normalized spacial score (nSPS) is 16.0. The van der Waals surface area contributed by atoms with E-state index in [2.05, 4.69) is 4.98 Å². The summed E-state index contributed by atoms with van der Waals surface area (Å²) >= 11 is 5.89. The fraction of sp³-hybridized carbons (Fsp3) is 0.400. The Morgan fingerprint density at radius 1 is 1.24 bits per heavy atom. The van der Waals surface area contributed by atoms with E-state index in [-0.39, 0.29) is 35.4 Å². The van der Waals surface area contributed by atoms with E-state index in [1.165, 1.54) is 12.3 Å². The van der Waals surface area contributed by atoms with Gasteiger partial charge in [0.15, 0.2) is 12.4 Å². The van der Waals surface area contributed by atoms with Gasteiger partial charge < -0.3 is 9.84 Å². The van der Waals surface area contributed by atoms with Crippen molar-refractivity contribution in [2.24, 2.45) is 0 Å². The molecule has 1 aliphatic heterocycles. The summed E-state index contributed by atoms with van der Waals surface area (Å²) < 4.78 is 42.6. The number of aromatic nitrogens is 1. The number of ketones is 1. The molecule has 1 saturated heterocycles. The second-order valence-electron chi connectivity index (χ2n) is 6.92. The number of likely N-dealkylation sites (tertiary alicyclic amines) is 1. The molecule has 1 aliphatic rings. The van der Waals surface area contributed by atoms with Crippen LogP contribution in [-0.4, -0.2) is 59.3 Å². The molecular weight excluding hydrogens is 409 g/mol. The number of pyridine rings is 1. The first kappa shape index (κ1) is 21.5. The SMILES string of the molecule is O=C(CN1CCC(O)CC1)c1cnc(OCC(F)(F)F)c(-c2ccc(Cl)cc2)c1. The van der Waals surface area contributed by atoms with E-state index in [1.54, 1.807) is 24.3 Å². The van der Waals surface area contributed by atoms with Crippen molar-refractivity contribution in [1.82, 2.24) is 9.88 Å². The fourth-order valence-electron chi connectivity index (χ4n) is 3.08. The highest BCUT2D eigenvalue weighted by Gasteiger charge is 2.29.